The Morgan fingerprint density at radius 1 is 1.32 bits per heavy atom. The number of hydrogen-bond donors (Lipinski definition) is 1. The molecule has 2 aliphatic rings. The smallest absolute Gasteiger partial charge is 0.0956 e. The third-order valence-electron chi connectivity index (χ3n) is 4.91. The van der Waals surface area contributed by atoms with Gasteiger partial charge < -0.3 is 9.67 Å². The second-order valence-electron chi connectivity index (χ2n) is 6.50. The van der Waals surface area contributed by atoms with Crippen LogP contribution in [0.4, 0.5) is 0 Å². The molecule has 1 aromatic heterocycles. The second kappa shape index (κ2) is 3.48. The topological polar surface area (TPSA) is 38.1 Å². The Morgan fingerprint density at radius 3 is 2.84 bits per heavy atom. The van der Waals surface area contributed by atoms with E-state index in [1.807, 2.05) is 12.5 Å². The molecular weight excluding hydrogens is 236 g/mol. The van der Waals surface area contributed by atoms with Crippen molar-refractivity contribution in [1.29, 1.82) is 0 Å². The molecule has 3 heteroatoms. The number of aliphatic hydroxyl groups is 1. The highest BCUT2D eigenvalue weighted by molar-refractivity contribution is 5.69. The van der Waals surface area contributed by atoms with E-state index in [0.29, 0.717) is 0 Å². The zero-order valence-corrected chi connectivity index (χ0v) is 11.2. The lowest BCUT2D eigenvalue weighted by atomic mass is 9.57. The second-order valence-corrected chi connectivity index (χ2v) is 6.50. The molecule has 1 aliphatic heterocycles. The molecule has 0 saturated heterocycles. The van der Waals surface area contributed by atoms with Crippen molar-refractivity contribution in [3.8, 4) is 11.3 Å². The van der Waals surface area contributed by atoms with Crippen molar-refractivity contribution in [3.63, 3.8) is 0 Å². The maximum atomic E-state index is 10.3. The summed E-state index contributed by atoms with van der Waals surface area (Å²) < 4.78 is 2.24. The van der Waals surface area contributed by atoms with E-state index < -0.39 is 0 Å². The molecule has 1 fully saturated rings. The van der Waals surface area contributed by atoms with Crippen LogP contribution in [0.25, 0.3) is 11.3 Å². The van der Waals surface area contributed by atoms with E-state index in [9.17, 15) is 5.11 Å². The van der Waals surface area contributed by atoms with Gasteiger partial charge in [0.1, 0.15) is 0 Å². The monoisotopic (exact) mass is 254 g/mol. The molecular formula is C16H18N2O. The van der Waals surface area contributed by atoms with Crippen LogP contribution in [-0.4, -0.2) is 20.8 Å². The Labute approximate surface area is 112 Å². The van der Waals surface area contributed by atoms with Gasteiger partial charge in [-0.1, -0.05) is 38.1 Å². The van der Waals surface area contributed by atoms with E-state index in [1.165, 1.54) is 16.8 Å². The average Bonchev–Trinajstić information content (AvgIpc) is 2.92. The first-order chi connectivity index (χ1) is 9.09. The fourth-order valence-corrected chi connectivity index (χ4v) is 4.04. The molecule has 1 N–H and O–H groups in total. The van der Waals surface area contributed by atoms with Gasteiger partial charge in [-0.25, -0.2) is 4.98 Å². The van der Waals surface area contributed by atoms with Gasteiger partial charge in [0.15, 0.2) is 0 Å². The van der Waals surface area contributed by atoms with Gasteiger partial charge in [-0.15, -0.1) is 0 Å². The predicted octanol–water partition coefficient (Wildman–Crippen LogP) is 2.86. The zero-order valence-electron chi connectivity index (χ0n) is 11.2. The first kappa shape index (κ1) is 11.2. The molecule has 1 aliphatic carbocycles. The molecule has 4 rings (SSSR count). The van der Waals surface area contributed by atoms with Crippen LogP contribution in [0.3, 0.4) is 0 Å². The molecule has 2 aromatic rings. The Kier molecular flexibility index (Phi) is 2.06. The first-order valence-electron chi connectivity index (χ1n) is 6.89. The van der Waals surface area contributed by atoms with Crippen LogP contribution in [0.1, 0.15) is 31.9 Å². The van der Waals surface area contributed by atoms with Crippen LogP contribution in [0.15, 0.2) is 36.8 Å². The SMILES string of the molecule is CC1(C)C[C@@H](O)[C@@H]1C1c2ccccc2-c2cncn21. The van der Waals surface area contributed by atoms with Crippen LogP contribution in [0, 0.1) is 11.3 Å². The summed E-state index contributed by atoms with van der Waals surface area (Å²) in [6, 6.07) is 8.73. The van der Waals surface area contributed by atoms with Gasteiger partial charge in [0.2, 0.25) is 0 Å². The van der Waals surface area contributed by atoms with Crippen molar-refractivity contribution in [1.82, 2.24) is 9.55 Å². The summed E-state index contributed by atoms with van der Waals surface area (Å²) in [6.45, 7) is 4.50. The van der Waals surface area contributed by atoms with Crippen LogP contribution in [0.5, 0.6) is 0 Å². The standard InChI is InChI=1S/C16H18N2O/c1-16(2)7-13(19)14(16)15-11-6-4-3-5-10(11)12-8-17-9-18(12)15/h3-6,8-9,13-15,19H,7H2,1-2H3/t13-,14-,15?/m1/s1. The first-order valence-corrected chi connectivity index (χ1v) is 6.89. The van der Waals surface area contributed by atoms with E-state index >= 15 is 0 Å². The van der Waals surface area contributed by atoms with E-state index in [4.69, 9.17) is 0 Å². The number of nitrogens with zero attached hydrogens (tertiary/aromatic N) is 2. The van der Waals surface area contributed by atoms with Gasteiger partial charge in [0.25, 0.3) is 0 Å². The van der Waals surface area contributed by atoms with Gasteiger partial charge in [-0.2, -0.15) is 0 Å². The molecule has 2 heterocycles. The summed E-state index contributed by atoms with van der Waals surface area (Å²) in [4.78, 5) is 4.29. The number of rotatable bonds is 1. The maximum Gasteiger partial charge on any atom is 0.0956 e. The number of benzene rings is 1. The van der Waals surface area contributed by atoms with E-state index in [-0.39, 0.29) is 23.5 Å². The minimum absolute atomic E-state index is 0.184. The third-order valence-corrected chi connectivity index (χ3v) is 4.91. The molecule has 0 amide bonds. The molecule has 0 bridgehead atoms. The lowest BCUT2D eigenvalue weighted by Gasteiger charge is -2.52. The Morgan fingerprint density at radius 2 is 2.11 bits per heavy atom. The summed E-state index contributed by atoms with van der Waals surface area (Å²) in [7, 11) is 0. The highest BCUT2D eigenvalue weighted by Crippen LogP contribution is 2.56. The van der Waals surface area contributed by atoms with Crippen LogP contribution in [-0.2, 0) is 0 Å². The lowest BCUT2D eigenvalue weighted by Crippen LogP contribution is -2.51. The summed E-state index contributed by atoms with van der Waals surface area (Å²) in [5.41, 5.74) is 3.95. The number of hydrogen-bond acceptors (Lipinski definition) is 2. The number of aromatic nitrogens is 2. The fourth-order valence-electron chi connectivity index (χ4n) is 4.04. The maximum absolute atomic E-state index is 10.3. The Bertz CT molecular complexity index is 644. The Balaban J connectivity index is 1.90. The molecule has 0 spiro atoms. The quantitative estimate of drug-likeness (QED) is 0.849. The summed E-state index contributed by atoms with van der Waals surface area (Å²) in [5, 5.41) is 10.3. The van der Waals surface area contributed by atoms with E-state index in [0.717, 1.165) is 6.42 Å². The lowest BCUT2D eigenvalue weighted by molar-refractivity contribution is -0.103. The number of imidazole rings is 1. The van der Waals surface area contributed by atoms with Crippen molar-refractivity contribution in [2.24, 2.45) is 11.3 Å². The predicted molar refractivity (Wildman–Crippen MR) is 73.7 cm³/mol. The van der Waals surface area contributed by atoms with Crippen molar-refractivity contribution < 1.29 is 5.11 Å². The molecule has 1 saturated carbocycles. The molecule has 3 atom stereocenters. The number of aliphatic hydroxyl groups excluding tert-OH is 1. The van der Waals surface area contributed by atoms with Crippen LogP contribution in [0.2, 0.25) is 0 Å². The minimum Gasteiger partial charge on any atom is -0.393 e. The molecule has 3 nitrogen and oxygen atoms in total. The summed E-state index contributed by atoms with van der Waals surface area (Å²) in [6.07, 6.45) is 4.51. The molecule has 1 aromatic carbocycles. The van der Waals surface area contributed by atoms with Crippen molar-refractivity contribution in [3.05, 3.63) is 42.4 Å². The Hall–Kier alpha value is -1.61. The summed E-state index contributed by atoms with van der Waals surface area (Å²) >= 11 is 0. The van der Waals surface area contributed by atoms with Crippen molar-refractivity contribution >= 4 is 0 Å². The molecule has 19 heavy (non-hydrogen) atoms. The van der Waals surface area contributed by atoms with Crippen molar-refractivity contribution in [2.45, 2.75) is 32.4 Å². The van der Waals surface area contributed by atoms with Gasteiger partial charge in [-0.05, 0) is 17.4 Å². The molecule has 1 unspecified atom stereocenters. The van der Waals surface area contributed by atoms with Gasteiger partial charge in [-0.3, -0.25) is 0 Å². The fraction of sp³-hybridized carbons (Fsp3) is 0.438. The van der Waals surface area contributed by atoms with Gasteiger partial charge in [0.05, 0.1) is 30.4 Å². The average molecular weight is 254 g/mol. The van der Waals surface area contributed by atoms with Gasteiger partial charge in [0, 0.05) is 11.5 Å². The zero-order chi connectivity index (χ0) is 13.2. The third kappa shape index (κ3) is 1.34. The van der Waals surface area contributed by atoms with Crippen molar-refractivity contribution in [2.75, 3.05) is 0 Å². The van der Waals surface area contributed by atoms with E-state index in [2.05, 4.69) is 47.7 Å². The van der Waals surface area contributed by atoms with Crippen LogP contribution < -0.4 is 0 Å². The summed E-state index contributed by atoms with van der Waals surface area (Å²) in [5.74, 6) is 0.268. The number of fused-ring (bicyclic) bond motifs is 3. The highest BCUT2D eigenvalue weighted by atomic mass is 16.3. The van der Waals surface area contributed by atoms with Crippen LogP contribution >= 0.6 is 0 Å². The largest absolute Gasteiger partial charge is 0.393 e. The molecule has 98 valence electrons. The highest BCUT2D eigenvalue weighted by Gasteiger charge is 2.53. The van der Waals surface area contributed by atoms with Gasteiger partial charge >= 0.3 is 0 Å². The van der Waals surface area contributed by atoms with E-state index in [1.54, 1.807) is 0 Å². The minimum atomic E-state index is -0.207. The normalized spacial score (nSPS) is 30.6. The molecule has 0 radical (unpaired) electrons.